The van der Waals surface area contributed by atoms with Crippen LogP contribution in [0.15, 0.2) is 12.7 Å². The standard InChI is InChI=1S/C7H12N2S/c1-2-6-10-7-5-9-4-3-8/h2,9H,1,4-7H2. The van der Waals surface area contributed by atoms with Crippen LogP contribution in [0.4, 0.5) is 0 Å². The third-order valence-electron chi connectivity index (χ3n) is 0.863. The van der Waals surface area contributed by atoms with Crippen LogP contribution in [0.5, 0.6) is 0 Å². The zero-order valence-corrected chi connectivity index (χ0v) is 6.78. The van der Waals surface area contributed by atoms with Crippen LogP contribution >= 0.6 is 11.8 Å². The SMILES string of the molecule is C=CCSCCNCC#N. The highest BCUT2D eigenvalue weighted by molar-refractivity contribution is 7.99. The summed E-state index contributed by atoms with van der Waals surface area (Å²) in [4.78, 5) is 0. The molecule has 0 atom stereocenters. The molecule has 3 heteroatoms. The van der Waals surface area contributed by atoms with Gasteiger partial charge in [-0.05, 0) is 0 Å². The molecule has 0 aliphatic rings. The molecule has 0 spiro atoms. The van der Waals surface area contributed by atoms with Gasteiger partial charge >= 0.3 is 0 Å². The normalized spacial score (nSPS) is 8.70. The summed E-state index contributed by atoms with van der Waals surface area (Å²) in [6, 6.07) is 2.02. The molecule has 0 aliphatic carbocycles. The Morgan fingerprint density at radius 1 is 1.70 bits per heavy atom. The van der Waals surface area contributed by atoms with E-state index in [0.29, 0.717) is 6.54 Å². The van der Waals surface area contributed by atoms with Crippen molar-refractivity contribution in [1.82, 2.24) is 5.32 Å². The first-order valence-electron chi connectivity index (χ1n) is 3.18. The average Bonchev–Trinajstić information content (AvgIpc) is 1.97. The first-order chi connectivity index (χ1) is 4.91. The van der Waals surface area contributed by atoms with Gasteiger partial charge in [-0.3, -0.25) is 0 Å². The zero-order valence-electron chi connectivity index (χ0n) is 5.97. The summed E-state index contributed by atoms with van der Waals surface area (Å²) in [6.07, 6.45) is 1.88. The molecule has 2 nitrogen and oxygen atoms in total. The second-order valence-electron chi connectivity index (χ2n) is 1.70. The fourth-order valence-electron chi connectivity index (χ4n) is 0.455. The Morgan fingerprint density at radius 2 is 2.50 bits per heavy atom. The Morgan fingerprint density at radius 3 is 3.10 bits per heavy atom. The Labute approximate surface area is 66.3 Å². The summed E-state index contributed by atoms with van der Waals surface area (Å²) in [7, 11) is 0. The number of hydrogen-bond donors (Lipinski definition) is 1. The minimum Gasteiger partial charge on any atom is -0.304 e. The molecule has 0 bridgehead atoms. The van der Waals surface area contributed by atoms with Crippen LogP contribution in [0.2, 0.25) is 0 Å². The van der Waals surface area contributed by atoms with Gasteiger partial charge in [-0.1, -0.05) is 6.08 Å². The highest BCUT2D eigenvalue weighted by Crippen LogP contribution is 1.96. The molecule has 0 radical (unpaired) electrons. The van der Waals surface area contributed by atoms with Crippen molar-refractivity contribution < 1.29 is 0 Å². The number of thioether (sulfide) groups is 1. The van der Waals surface area contributed by atoms with E-state index >= 15 is 0 Å². The maximum absolute atomic E-state index is 8.13. The van der Waals surface area contributed by atoms with Crippen molar-refractivity contribution in [3.05, 3.63) is 12.7 Å². The van der Waals surface area contributed by atoms with E-state index in [0.717, 1.165) is 18.1 Å². The molecular weight excluding hydrogens is 144 g/mol. The smallest absolute Gasteiger partial charge is 0.0841 e. The molecule has 0 unspecified atom stereocenters. The van der Waals surface area contributed by atoms with Crippen LogP contribution in [0, 0.1) is 11.3 Å². The lowest BCUT2D eigenvalue weighted by atomic mass is 10.6. The molecule has 0 saturated heterocycles. The molecule has 1 N–H and O–H groups in total. The van der Waals surface area contributed by atoms with Crippen LogP contribution in [-0.2, 0) is 0 Å². The van der Waals surface area contributed by atoms with Crippen molar-refractivity contribution in [3.8, 4) is 6.07 Å². The van der Waals surface area contributed by atoms with E-state index < -0.39 is 0 Å². The molecule has 10 heavy (non-hydrogen) atoms. The molecule has 0 saturated carbocycles. The number of hydrogen-bond acceptors (Lipinski definition) is 3. The zero-order chi connectivity index (χ0) is 7.66. The van der Waals surface area contributed by atoms with E-state index in [1.165, 1.54) is 0 Å². The summed E-state index contributed by atoms with van der Waals surface area (Å²) in [5.41, 5.74) is 0. The highest BCUT2D eigenvalue weighted by Gasteiger charge is 1.84. The summed E-state index contributed by atoms with van der Waals surface area (Å²) in [6.45, 7) is 4.96. The van der Waals surface area contributed by atoms with Crippen LogP contribution in [0.25, 0.3) is 0 Å². The average molecular weight is 156 g/mol. The maximum atomic E-state index is 8.13. The molecular formula is C7H12N2S. The van der Waals surface area contributed by atoms with Gasteiger partial charge in [0.2, 0.25) is 0 Å². The summed E-state index contributed by atoms with van der Waals surface area (Å²) < 4.78 is 0. The Kier molecular flexibility index (Phi) is 8.15. The minimum absolute atomic E-state index is 0.453. The molecule has 0 aromatic heterocycles. The molecule has 0 aromatic rings. The molecule has 56 valence electrons. The van der Waals surface area contributed by atoms with Crippen LogP contribution in [0.3, 0.4) is 0 Å². The largest absolute Gasteiger partial charge is 0.304 e. The number of nitrogens with one attached hydrogen (secondary N) is 1. The van der Waals surface area contributed by atoms with E-state index in [1.807, 2.05) is 23.9 Å². The van der Waals surface area contributed by atoms with Gasteiger partial charge in [0.05, 0.1) is 12.6 Å². The molecule has 0 heterocycles. The maximum Gasteiger partial charge on any atom is 0.0841 e. The fourth-order valence-corrected chi connectivity index (χ4v) is 1.08. The quantitative estimate of drug-likeness (QED) is 0.354. The van der Waals surface area contributed by atoms with Gasteiger partial charge in [0.15, 0.2) is 0 Å². The Bertz CT molecular complexity index is 117. The number of rotatable bonds is 6. The van der Waals surface area contributed by atoms with E-state index in [2.05, 4.69) is 11.9 Å². The second kappa shape index (κ2) is 8.54. The van der Waals surface area contributed by atoms with E-state index in [4.69, 9.17) is 5.26 Å². The highest BCUT2D eigenvalue weighted by atomic mass is 32.2. The summed E-state index contributed by atoms with van der Waals surface area (Å²) in [5.74, 6) is 2.04. The topological polar surface area (TPSA) is 35.8 Å². The van der Waals surface area contributed by atoms with Gasteiger partial charge in [-0.15, -0.1) is 6.58 Å². The van der Waals surface area contributed by atoms with Gasteiger partial charge in [0.25, 0.3) is 0 Å². The predicted molar refractivity (Wildman–Crippen MR) is 46.0 cm³/mol. The van der Waals surface area contributed by atoms with E-state index in [-0.39, 0.29) is 0 Å². The van der Waals surface area contributed by atoms with Crippen molar-refractivity contribution in [3.63, 3.8) is 0 Å². The van der Waals surface area contributed by atoms with Crippen LogP contribution in [0.1, 0.15) is 0 Å². The van der Waals surface area contributed by atoms with Crippen molar-refractivity contribution in [1.29, 1.82) is 5.26 Å². The fraction of sp³-hybridized carbons (Fsp3) is 0.571. The molecule has 0 fully saturated rings. The number of nitrogens with zero attached hydrogens (tertiary/aromatic N) is 1. The monoisotopic (exact) mass is 156 g/mol. The van der Waals surface area contributed by atoms with Gasteiger partial charge in [-0.25, -0.2) is 0 Å². The third kappa shape index (κ3) is 7.54. The summed E-state index contributed by atoms with van der Waals surface area (Å²) >= 11 is 1.81. The molecule has 0 amide bonds. The lowest BCUT2D eigenvalue weighted by Gasteiger charge is -1.96. The first kappa shape index (κ1) is 9.54. The third-order valence-corrected chi connectivity index (χ3v) is 1.83. The first-order valence-corrected chi connectivity index (χ1v) is 4.33. The van der Waals surface area contributed by atoms with Crippen molar-refractivity contribution in [2.75, 3.05) is 24.6 Å². The van der Waals surface area contributed by atoms with Crippen molar-refractivity contribution in [2.45, 2.75) is 0 Å². The minimum atomic E-state index is 0.453. The lowest BCUT2D eigenvalue weighted by molar-refractivity contribution is 0.812. The van der Waals surface area contributed by atoms with Gasteiger partial charge in [-0.2, -0.15) is 17.0 Å². The van der Waals surface area contributed by atoms with Gasteiger partial charge in [0, 0.05) is 18.1 Å². The van der Waals surface area contributed by atoms with E-state index in [9.17, 15) is 0 Å². The van der Waals surface area contributed by atoms with Crippen molar-refractivity contribution >= 4 is 11.8 Å². The van der Waals surface area contributed by atoms with Crippen molar-refractivity contribution in [2.24, 2.45) is 0 Å². The molecule has 0 aromatic carbocycles. The second-order valence-corrected chi connectivity index (χ2v) is 2.85. The predicted octanol–water partition coefficient (Wildman–Crippen LogP) is 1.02. The van der Waals surface area contributed by atoms with Gasteiger partial charge < -0.3 is 5.32 Å². The van der Waals surface area contributed by atoms with Crippen LogP contribution in [-0.4, -0.2) is 24.6 Å². The molecule has 0 rings (SSSR count). The van der Waals surface area contributed by atoms with Gasteiger partial charge in [0.1, 0.15) is 0 Å². The summed E-state index contributed by atoms with van der Waals surface area (Å²) in [5, 5.41) is 11.1. The Hall–Kier alpha value is -0.460. The lowest BCUT2D eigenvalue weighted by Crippen LogP contribution is -2.16. The Balaban J connectivity index is 2.78. The molecule has 0 aliphatic heterocycles. The van der Waals surface area contributed by atoms with Crippen LogP contribution < -0.4 is 5.32 Å². The van der Waals surface area contributed by atoms with E-state index in [1.54, 1.807) is 0 Å². The number of nitriles is 1.